The Morgan fingerprint density at radius 2 is 1.97 bits per heavy atom. The second-order valence-electron chi connectivity index (χ2n) is 7.29. The summed E-state index contributed by atoms with van der Waals surface area (Å²) in [7, 11) is 0. The SMILES string of the molecule is CCOc1cncc(-c2cc(C)c3c(n2)[C@@H](C)N(c2cnn(CC(F)(F)F)c2)C3=O)c1. The fraction of sp³-hybridized carbons (Fsp3) is 0.333. The van der Waals surface area contributed by atoms with E-state index in [-0.39, 0.29) is 5.91 Å². The van der Waals surface area contributed by atoms with E-state index >= 15 is 0 Å². The molecule has 1 aliphatic heterocycles. The van der Waals surface area contributed by atoms with Gasteiger partial charge in [-0.25, -0.2) is 4.98 Å². The summed E-state index contributed by atoms with van der Waals surface area (Å²) in [4.78, 5) is 23.4. The number of halogens is 3. The highest BCUT2D eigenvalue weighted by Crippen LogP contribution is 2.39. The third-order valence-electron chi connectivity index (χ3n) is 5.02. The number of nitrogens with zero attached hydrogens (tertiary/aromatic N) is 5. The molecule has 4 rings (SSSR count). The molecule has 0 radical (unpaired) electrons. The average Bonchev–Trinajstić information content (AvgIpc) is 3.23. The summed E-state index contributed by atoms with van der Waals surface area (Å²) in [6, 6.07) is 3.16. The monoisotopic (exact) mass is 431 g/mol. The fourth-order valence-corrected chi connectivity index (χ4v) is 3.74. The van der Waals surface area contributed by atoms with Crippen LogP contribution in [0.1, 0.15) is 41.5 Å². The first-order valence-electron chi connectivity index (χ1n) is 9.70. The molecule has 0 unspecified atom stereocenters. The van der Waals surface area contributed by atoms with E-state index in [1.165, 1.54) is 17.3 Å². The van der Waals surface area contributed by atoms with Crippen LogP contribution in [0, 0.1) is 6.92 Å². The van der Waals surface area contributed by atoms with Crippen LogP contribution in [0.25, 0.3) is 11.3 Å². The third-order valence-corrected chi connectivity index (χ3v) is 5.02. The summed E-state index contributed by atoms with van der Waals surface area (Å²) in [5.41, 5.74) is 3.41. The van der Waals surface area contributed by atoms with Crippen LogP contribution in [-0.4, -0.2) is 38.4 Å². The summed E-state index contributed by atoms with van der Waals surface area (Å²) in [5, 5.41) is 3.75. The predicted octanol–water partition coefficient (Wildman–Crippen LogP) is 4.33. The number of anilines is 1. The van der Waals surface area contributed by atoms with Crippen molar-refractivity contribution in [3.63, 3.8) is 0 Å². The Morgan fingerprint density at radius 1 is 1.19 bits per heavy atom. The molecule has 0 N–H and O–H groups in total. The number of alkyl halides is 3. The van der Waals surface area contributed by atoms with Gasteiger partial charge in [0.2, 0.25) is 0 Å². The molecule has 1 atom stereocenters. The summed E-state index contributed by atoms with van der Waals surface area (Å²) >= 11 is 0. The standard InChI is InChI=1S/C21H20F3N5O2/c1-4-31-16-6-14(7-25-9-16)17-5-12(2)18-19(27-17)13(3)29(20(18)30)15-8-26-28(10-15)11-21(22,23)24/h5-10,13H,4,11H2,1-3H3/t13-/m1/s1. The maximum absolute atomic E-state index is 13.1. The van der Waals surface area contributed by atoms with Crippen LogP contribution < -0.4 is 9.64 Å². The molecule has 10 heteroatoms. The lowest BCUT2D eigenvalue weighted by molar-refractivity contribution is -0.142. The van der Waals surface area contributed by atoms with Crippen LogP contribution >= 0.6 is 0 Å². The maximum Gasteiger partial charge on any atom is 0.408 e. The van der Waals surface area contributed by atoms with Gasteiger partial charge in [0.15, 0.2) is 0 Å². The van der Waals surface area contributed by atoms with E-state index in [9.17, 15) is 18.0 Å². The lowest BCUT2D eigenvalue weighted by atomic mass is 10.0. The smallest absolute Gasteiger partial charge is 0.408 e. The number of pyridine rings is 2. The van der Waals surface area contributed by atoms with Gasteiger partial charge in [-0.3, -0.25) is 19.4 Å². The molecule has 3 aromatic rings. The van der Waals surface area contributed by atoms with Crippen molar-refractivity contribution in [3.05, 3.63) is 53.7 Å². The van der Waals surface area contributed by atoms with Crippen LogP contribution in [0.4, 0.5) is 18.9 Å². The van der Waals surface area contributed by atoms with Gasteiger partial charge in [-0.15, -0.1) is 0 Å². The molecule has 1 amide bonds. The minimum Gasteiger partial charge on any atom is -0.492 e. The first kappa shape index (κ1) is 20.8. The number of rotatable bonds is 5. The molecule has 0 fully saturated rings. The van der Waals surface area contributed by atoms with Crippen molar-refractivity contribution in [2.45, 2.75) is 39.5 Å². The minimum absolute atomic E-state index is 0.292. The van der Waals surface area contributed by atoms with E-state index < -0.39 is 18.8 Å². The second kappa shape index (κ2) is 7.68. The van der Waals surface area contributed by atoms with Gasteiger partial charge in [-0.2, -0.15) is 18.3 Å². The van der Waals surface area contributed by atoms with Crippen LogP contribution in [0.3, 0.4) is 0 Å². The Balaban J connectivity index is 1.69. The molecular weight excluding hydrogens is 411 g/mol. The number of carbonyl (C=O) groups is 1. The Labute approximate surface area is 176 Å². The number of hydrogen-bond donors (Lipinski definition) is 0. The van der Waals surface area contributed by atoms with Gasteiger partial charge in [-0.1, -0.05) is 0 Å². The lowest BCUT2D eigenvalue weighted by Crippen LogP contribution is -2.26. The Hall–Kier alpha value is -3.43. The Bertz CT molecular complexity index is 1140. The number of ether oxygens (including phenoxy) is 1. The highest BCUT2D eigenvalue weighted by Gasteiger charge is 2.39. The number of aryl methyl sites for hydroxylation is 1. The van der Waals surface area contributed by atoms with Crippen molar-refractivity contribution in [3.8, 4) is 17.0 Å². The first-order valence-corrected chi connectivity index (χ1v) is 9.70. The largest absolute Gasteiger partial charge is 0.492 e. The fourth-order valence-electron chi connectivity index (χ4n) is 3.74. The number of hydrogen-bond acceptors (Lipinski definition) is 5. The van der Waals surface area contributed by atoms with Crippen molar-refractivity contribution in [2.75, 3.05) is 11.5 Å². The summed E-state index contributed by atoms with van der Waals surface area (Å²) < 4.78 is 44.3. The molecule has 0 aliphatic carbocycles. The van der Waals surface area contributed by atoms with Gasteiger partial charge in [0.1, 0.15) is 12.3 Å². The van der Waals surface area contributed by atoms with E-state index in [1.54, 1.807) is 25.4 Å². The van der Waals surface area contributed by atoms with Crippen LogP contribution in [0.2, 0.25) is 0 Å². The highest BCUT2D eigenvalue weighted by molar-refractivity contribution is 6.11. The maximum atomic E-state index is 13.1. The van der Waals surface area contributed by atoms with E-state index in [4.69, 9.17) is 9.72 Å². The topological polar surface area (TPSA) is 73.1 Å². The number of aromatic nitrogens is 4. The zero-order valence-corrected chi connectivity index (χ0v) is 17.1. The quantitative estimate of drug-likeness (QED) is 0.601. The lowest BCUT2D eigenvalue weighted by Gasteiger charge is -2.19. The zero-order chi connectivity index (χ0) is 22.3. The van der Waals surface area contributed by atoms with Crippen molar-refractivity contribution < 1.29 is 22.7 Å². The van der Waals surface area contributed by atoms with Gasteiger partial charge in [0.25, 0.3) is 5.91 Å². The second-order valence-corrected chi connectivity index (χ2v) is 7.29. The molecule has 162 valence electrons. The molecular formula is C21H20F3N5O2. The molecule has 0 saturated heterocycles. The first-order chi connectivity index (χ1) is 14.7. The molecule has 0 spiro atoms. The molecule has 0 saturated carbocycles. The molecule has 3 aromatic heterocycles. The average molecular weight is 431 g/mol. The molecule has 7 nitrogen and oxygen atoms in total. The third kappa shape index (κ3) is 3.97. The summed E-state index contributed by atoms with van der Waals surface area (Å²) in [6.07, 6.45) is 1.36. The highest BCUT2D eigenvalue weighted by atomic mass is 19.4. The van der Waals surface area contributed by atoms with Gasteiger partial charge in [0.05, 0.1) is 47.7 Å². The summed E-state index contributed by atoms with van der Waals surface area (Å²) in [5.74, 6) is 0.301. The van der Waals surface area contributed by atoms with E-state index in [1.807, 2.05) is 19.9 Å². The van der Waals surface area contributed by atoms with Gasteiger partial charge >= 0.3 is 6.18 Å². The van der Waals surface area contributed by atoms with E-state index in [0.717, 1.165) is 15.8 Å². The molecule has 0 aromatic carbocycles. The minimum atomic E-state index is -4.40. The van der Waals surface area contributed by atoms with Crippen LogP contribution in [0.15, 0.2) is 36.9 Å². The zero-order valence-electron chi connectivity index (χ0n) is 17.1. The van der Waals surface area contributed by atoms with Gasteiger partial charge in [0, 0.05) is 18.0 Å². The van der Waals surface area contributed by atoms with Crippen molar-refractivity contribution >= 4 is 11.6 Å². The van der Waals surface area contributed by atoms with Gasteiger partial charge < -0.3 is 4.74 Å². The van der Waals surface area contributed by atoms with Crippen LogP contribution in [-0.2, 0) is 6.54 Å². The van der Waals surface area contributed by atoms with E-state index in [2.05, 4.69) is 10.1 Å². The van der Waals surface area contributed by atoms with E-state index in [0.29, 0.717) is 35.0 Å². The van der Waals surface area contributed by atoms with Gasteiger partial charge in [-0.05, 0) is 38.5 Å². The Kier molecular flexibility index (Phi) is 5.16. The molecule has 4 heterocycles. The Morgan fingerprint density at radius 3 is 2.68 bits per heavy atom. The van der Waals surface area contributed by atoms with Crippen LogP contribution in [0.5, 0.6) is 5.75 Å². The number of carbonyl (C=O) groups excluding carboxylic acids is 1. The predicted molar refractivity (Wildman–Crippen MR) is 107 cm³/mol. The van der Waals surface area contributed by atoms with Crippen molar-refractivity contribution in [2.24, 2.45) is 0 Å². The number of fused-ring (bicyclic) bond motifs is 1. The summed E-state index contributed by atoms with van der Waals surface area (Å²) in [6.45, 7) is 4.76. The number of amides is 1. The van der Waals surface area contributed by atoms with Crippen molar-refractivity contribution in [1.29, 1.82) is 0 Å². The molecule has 31 heavy (non-hydrogen) atoms. The van der Waals surface area contributed by atoms with Crippen molar-refractivity contribution in [1.82, 2.24) is 19.7 Å². The normalized spacial score (nSPS) is 16.0. The molecule has 0 bridgehead atoms. The molecule has 1 aliphatic rings.